The summed E-state index contributed by atoms with van der Waals surface area (Å²) in [6.07, 6.45) is -2.24. The molecule has 0 bridgehead atoms. The van der Waals surface area contributed by atoms with Crippen molar-refractivity contribution in [3.8, 4) is 5.88 Å². The van der Waals surface area contributed by atoms with Crippen molar-refractivity contribution in [1.82, 2.24) is 9.88 Å². The van der Waals surface area contributed by atoms with E-state index in [-0.39, 0.29) is 35.5 Å². The highest BCUT2D eigenvalue weighted by molar-refractivity contribution is 5.77. The van der Waals surface area contributed by atoms with Crippen molar-refractivity contribution < 1.29 is 32.2 Å². The van der Waals surface area contributed by atoms with Gasteiger partial charge >= 0.3 is 12.1 Å². The van der Waals surface area contributed by atoms with Gasteiger partial charge in [0.15, 0.2) is 0 Å². The molecule has 9 heteroatoms. The Balaban J connectivity index is 1.32. The Kier molecular flexibility index (Phi) is 5.81. The van der Waals surface area contributed by atoms with Crippen LogP contribution in [0.1, 0.15) is 64.8 Å². The molecule has 1 aliphatic heterocycles. The number of rotatable bonds is 5. The quantitative estimate of drug-likeness (QED) is 0.396. The van der Waals surface area contributed by atoms with E-state index in [0.717, 1.165) is 17.2 Å². The van der Waals surface area contributed by atoms with E-state index in [4.69, 9.17) is 4.74 Å². The number of hydrogen-bond acceptors (Lipinski definition) is 4. The largest absolute Gasteiger partial charge is 0.481 e. The van der Waals surface area contributed by atoms with Crippen LogP contribution in [0.25, 0.3) is 0 Å². The monoisotopic (exact) mass is 540 g/mol. The van der Waals surface area contributed by atoms with E-state index < -0.39 is 35.0 Å². The van der Waals surface area contributed by atoms with Crippen LogP contribution in [-0.2, 0) is 29.4 Å². The minimum Gasteiger partial charge on any atom is -0.481 e. The van der Waals surface area contributed by atoms with E-state index in [1.54, 1.807) is 31.4 Å². The maximum Gasteiger partial charge on any atom is 0.416 e. The molecule has 6 rings (SSSR count). The van der Waals surface area contributed by atoms with E-state index in [9.17, 15) is 23.1 Å². The molecule has 1 aromatic heterocycles. The maximum absolute atomic E-state index is 15.4. The molecule has 0 radical (unpaired) electrons. The van der Waals surface area contributed by atoms with Crippen molar-refractivity contribution in [2.75, 3.05) is 13.6 Å². The lowest BCUT2D eigenvalue weighted by atomic mass is 9.73. The second-order valence-corrected chi connectivity index (χ2v) is 11.6. The number of nitrogens with zero attached hydrogens (tertiary/aromatic N) is 2. The fourth-order valence-electron chi connectivity index (χ4n) is 6.83. The number of carboxylic acids is 1. The topological polar surface area (TPSA) is 62.7 Å². The summed E-state index contributed by atoms with van der Waals surface area (Å²) in [4.78, 5) is 17.5. The van der Waals surface area contributed by atoms with Gasteiger partial charge in [-0.3, -0.25) is 9.69 Å². The molecule has 3 aliphatic rings. The van der Waals surface area contributed by atoms with Gasteiger partial charge in [0.1, 0.15) is 12.4 Å². The number of carbonyl (C=O) groups is 1. The molecule has 2 heterocycles. The SMILES string of the molecule is CN1CC(C)(C)c2cc(F)c(COc3cc4c(cn3)[C@H]3[C@@H](C4)[C@@H]3C(=O)O)cc2[C@H]1c1ccccc1C(F)(F)F. The fraction of sp³-hybridized carbons (Fsp3) is 0.400. The molecule has 0 unspecified atom stereocenters. The van der Waals surface area contributed by atoms with Crippen molar-refractivity contribution in [3.05, 3.63) is 93.4 Å². The first-order chi connectivity index (χ1) is 18.4. The molecular weight excluding hydrogens is 512 g/mol. The summed E-state index contributed by atoms with van der Waals surface area (Å²) in [5, 5.41) is 9.32. The predicted molar refractivity (Wildman–Crippen MR) is 135 cm³/mol. The summed E-state index contributed by atoms with van der Waals surface area (Å²) in [7, 11) is 1.79. The number of ether oxygens (including phenoxy) is 1. The Hall–Kier alpha value is -3.46. The molecule has 204 valence electrons. The zero-order valence-electron chi connectivity index (χ0n) is 21.7. The van der Waals surface area contributed by atoms with Crippen LogP contribution in [0.15, 0.2) is 48.7 Å². The van der Waals surface area contributed by atoms with Crippen LogP contribution in [0.2, 0.25) is 0 Å². The Bertz CT molecular complexity index is 1490. The first-order valence-electron chi connectivity index (χ1n) is 12.9. The van der Waals surface area contributed by atoms with Gasteiger partial charge in [-0.2, -0.15) is 13.2 Å². The summed E-state index contributed by atoms with van der Waals surface area (Å²) in [5.41, 5.74) is 2.37. The van der Waals surface area contributed by atoms with Crippen molar-refractivity contribution in [1.29, 1.82) is 0 Å². The summed E-state index contributed by atoms with van der Waals surface area (Å²) >= 11 is 0. The van der Waals surface area contributed by atoms with Crippen molar-refractivity contribution in [2.24, 2.45) is 11.8 Å². The van der Waals surface area contributed by atoms with Crippen LogP contribution in [0.3, 0.4) is 0 Å². The van der Waals surface area contributed by atoms with Crippen molar-refractivity contribution in [3.63, 3.8) is 0 Å². The van der Waals surface area contributed by atoms with Gasteiger partial charge in [-0.1, -0.05) is 32.0 Å². The lowest BCUT2D eigenvalue weighted by Crippen LogP contribution is -2.44. The smallest absolute Gasteiger partial charge is 0.416 e. The average molecular weight is 541 g/mol. The number of aliphatic carboxylic acids is 1. The normalized spacial score (nSPS) is 25.0. The summed E-state index contributed by atoms with van der Waals surface area (Å²) in [6, 6.07) is 9.65. The zero-order chi connectivity index (χ0) is 27.9. The summed E-state index contributed by atoms with van der Waals surface area (Å²) in [6.45, 7) is 4.22. The van der Waals surface area contributed by atoms with Crippen LogP contribution >= 0.6 is 0 Å². The number of carboxylic acid groups (broad SMARTS) is 1. The molecule has 39 heavy (non-hydrogen) atoms. The van der Waals surface area contributed by atoms with E-state index in [1.807, 2.05) is 18.7 Å². The number of likely N-dealkylation sites (N-methyl/N-ethyl adjacent to an activating group) is 1. The highest BCUT2D eigenvalue weighted by atomic mass is 19.4. The molecule has 1 N–H and O–H groups in total. The van der Waals surface area contributed by atoms with Gasteiger partial charge in [-0.15, -0.1) is 0 Å². The fourth-order valence-corrected chi connectivity index (χ4v) is 6.83. The number of benzene rings is 2. The van der Waals surface area contributed by atoms with Gasteiger partial charge in [-0.05, 0) is 65.4 Å². The Morgan fingerprint density at radius 1 is 1.15 bits per heavy atom. The molecule has 0 saturated heterocycles. The highest BCUT2D eigenvalue weighted by Gasteiger charge is 2.60. The van der Waals surface area contributed by atoms with E-state index in [0.29, 0.717) is 30.0 Å². The third-order valence-corrected chi connectivity index (χ3v) is 8.53. The van der Waals surface area contributed by atoms with Gasteiger partial charge in [0.25, 0.3) is 0 Å². The maximum atomic E-state index is 15.4. The molecule has 0 amide bonds. The van der Waals surface area contributed by atoms with E-state index in [2.05, 4.69) is 4.98 Å². The number of pyridine rings is 1. The lowest BCUT2D eigenvalue weighted by Gasteiger charge is -2.44. The molecule has 1 saturated carbocycles. The minimum absolute atomic E-state index is 0.00556. The van der Waals surface area contributed by atoms with Gasteiger partial charge < -0.3 is 9.84 Å². The van der Waals surface area contributed by atoms with Crippen molar-refractivity contribution in [2.45, 2.75) is 50.4 Å². The van der Waals surface area contributed by atoms with Crippen molar-refractivity contribution >= 4 is 5.97 Å². The standard InChI is InChI=1S/C30H28F4N2O3/c1-29(2)14-36(3)27(17-6-4-5-7-21(17)30(32,33)34)18-9-16(23(31)11-22(18)29)13-39-24-10-15-8-19-25(20(15)12-35-24)26(19)28(37)38/h4-7,9-12,19,25-27H,8,13-14H2,1-3H3,(H,37,38)/t19-,25-,26+,27-/m1/s1. The Labute approximate surface area is 223 Å². The van der Waals surface area contributed by atoms with Crippen LogP contribution in [0.4, 0.5) is 17.6 Å². The molecule has 2 aliphatic carbocycles. The van der Waals surface area contributed by atoms with Gasteiger partial charge in [0.2, 0.25) is 5.88 Å². The zero-order valence-corrected chi connectivity index (χ0v) is 21.7. The number of halogens is 4. The third kappa shape index (κ3) is 4.27. The molecule has 3 aromatic rings. The van der Waals surface area contributed by atoms with Gasteiger partial charge in [-0.25, -0.2) is 9.37 Å². The van der Waals surface area contributed by atoms with E-state index >= 15 is 4.39 Å². The van der Waals surface area contributed by atoms with E-state index in [1.165, 1.54) is 18.2 Å². The molecule has 4 atom stereocenters. The first kappa shape index (κ1) is 25.8. The van der Waals surface area contributed by atoms with Crippen LogP contribution in [0.5, 0.6) is 5.88 Å². The number of alkyl halides is 3. The van der Waals surface area contributed by atoms with Gasteiger partial charge in [0.05, 0.1) is 17.5 Å². The number of aromatic nitrogens is 1. The second-order valence-electron chi connectivity index (χ2n) is 11.6. The minimum atomic E-state index is -4.53. The molecular formula is C30H28F4N2O3. The molecule has 1 fully saturated rings. The summed E-state index contributed by atoms with van der Waals surface area (Å²) < 4.78 is 63.1. The van der Waals surface area contributed by atoms with Crippen LogP contribution in [0, 0.1) is 17.7 Å². The molecule has 2 aromatic carbocycles. The summed E-state index contributed by atoms with van der Waals surface area (Å²) in [5.74, 6) is -1.24. The molecule has 0 spiro atoms. The second kappa shape index (κ2) is 8.78. The molecule has 5 nitrogen and oxygen atoms in total. The van der Waals surface area contributed by atoms with Crippen LogP contribution < -0.4 is 4.74 Å². The number of fused-ring (bicyclic) bond motifs is 4. The first-order valence-corrected chi connectivity index (χ1v) is 12.9. The highest BCUT2D eigenvalue weighted by Crippen LogP contribution is 2.61. The number of hydrogen-bond donors (Lipinski definition) is 1. The average Bonchev–Trinajstić information content (AvgIpc) is 3.45. The Morgan fingerprint density at radius 2 is 1.90 bits per heavy atom. The Morgan fingerprint density at radius 3 is 2.62 bits per heavy atom. The predicted octanol–water partition coefficient (Wildman–Crippen LogP) is 6.10. The van der Waals surface area contributed by atoms with Gasteiger partial charge in [0, 0.05) is 35.7 Å². The third-order valence-electron chi connectivity index (χ3n) is 8.53. The lowest BCUT2D eigenvalue weighted by molar-refractivity contribution is -0.139. The van der Waals surface area contributed by atoms with Crippen LogP contribution in [-0.4, -0.2) is 34.6 Å².